The summed E-state index contributed by atoms with van der Waals surface area (Å²) in [6.07, 6.45) is 1.17. The van der Waals surface area contributed by atoms with Crippen molar-refractivity contribution in [1.29, 1.82) is 0 Å². The first-order valence-electron chi connectivity index (χ1n) is 14.2. The van der Waals surface area contributed by atoms with Gasteiger partial charge in [0.1, 0.15) is 0 Å². The first kappa shape index (κ1) is 26.8. The van der Waals surface area contributed by atoms with Gasteiger partial charge in [0.05, 0.1) is 0 Å². The number of hydrogen-bond donors (Lipinski definition) is 0. The van der Waals surface area contributed by atoms with Crippen LogP contribution in [0.15, 0.2) is 103 Å². The van der Waals surface area contributed by atoms with Gasteiger partial charge in [-0.2, -0.15) is 0 Å². The van der Waals surface area contributed by atoms with Crippen molar-refractivity contribution < 1.29 is 0 Å². The van der Waals surface area contributed by atoms with Gasteiger partial charge in [0, 0.05) is 0 Å². The molecule has 1 atom stereocenters. The fraction of sp³-hybridized carbons (Fsp3) is 0.211. The van der Waals surface area contributed by atoms with Crippen molar-refractivity contribution in [2.24, 2.45) is 0 Å². The molecule has 193 valence electrons. The summed E-state index contributed by atoms with van der Waals surface area (Å²) in [4.78, 5) is 0. The first-order chi connectivity index (χ1) is 18.8. The van der Waals surface area contributed by atoms with Gasteiger partial charge in [0.2, 0.25) is 0 Å². The van der Waals surface area contributed by atoms with Crippen LogP contribution >= 0.6 is 0 Å². The SMILES string of the molecule is CCC(C)c1ccc(-c2cc(C)c([B]c3c(C)cc(-c4ccc(-c5ccccc5)cc4)cc3C)c(C)c2)cc1. The molecule has 39 heavy (non-hydrogen) atoms. The molecule has 0 aliphatic rings. The number of aryl methyl sites for hydroxylation is 4. The minimum Gasteiger partial charge on any atom is -0.0756 e. The molecule has 5 aromatic rings. The maximum Gasteiger partial charge on any atom is 0.192 e. The van der Waals surface area contributed by atoms with E-state index in [4.69, 9.17) is 0 Å². The fourth-order valence-electron chi connectivity index (χ4n) is 5.61. The lowest BCUT2D eigenvalue weighted by molar-refractivity contribution is 0.734. The van der Waals surface area contributed by atoms with Crippen molar-refractivity contribution in [3.63, 3.8) is 0 Å². The molecule has 0 amide bonds. The average Bonchev–Trinajstić information content (AvgIpc) is 2.96. The number of benzene rings is 5. The second-order valence-corrected chi connectivity index (χ2v) is 11.1. The Bertz CT molecular complexity index is 1530. The standard InChI is InChI=1S/C38H38B/c1-7-25(2)30-13-15-33(16-14-30)35-21-26(3)37(27(4)22-35)39-38-28(5)23-36(24-29(38)6)34-19-17-32(18-20-34)31-11-9-8-10-12-31/h8-25H,7H2,1-6H3. The van der Waals surface area contributed by atoms with E-state index in [2.05, 4.69) is 152 Å². The van der Waals surface area contributed by atoms with Gasteiger partial charge in [-0.15, -0.1) is 0 Å². The van der Waals surface area contributed by atoms with Crippen molar-refractivity contribution in [1.82, 2.24) is 0 Å². The smallest absolute Gasteiger partial charge is 0.0756 e. The minimum atomic E-state index is 0.603. The predicted octanol–water partition coefficient (Wildman–Crippen LogP) is 9.09. The van der Waals surface area contributed by atoms with Gasteiger partial charge < -0.3 is 0 Å². The Labute approximate surface area is 236 Å². The Kier molecular flexibility index (Phi) is 7.89. The van der Waals surface area contributed by atoms with E-state index >= 15 is 0 Å². The molecule has 0 aliphatic carbocycles. The molecular weight excluding hydrogens is 467 g/mol. The summed E-state index contributed by atoms with van der Waals surface area (Å²) in [7, 11) is 2.38. The second kappa shape index (κ2) is 11.5. The first-order valence-corrected chi connectivity index (χ1v) is 14.2. The van der Waals surface area contributed by atoms with E-state index in [1.54, 1.807) is 0 Å². The molecule has 1 radical (unpaired) electrons. The van der Waals surface area contributed by atoms with Crippen molar-refractivity contribution >= 4 is 18.2 Å². The summed E-state index contributed by atoms with van der Waals surface area (Å²) in [6, 6.07) is 38.0. The molecule has 0 N–H and O–H groups in total. The van der Waals surface area contributed by atoms with Crippen molar-refractivity contribution in [3.8, 4) is 33.4 Å². The summed E-state index contributed by atoms with van der Waals surface area (Å²) >= 11 is 0. The van der Waals surface area contributed by atoms with E-state index in [-0.39, 0.29) is 0 Å². The van der Waals surface area contributed by atoms with Crippen molar-refractivity contribution in [3.05, 3.63) is 131 Å². The Morgan fingerprint density at radius 1 is 0.487 bits per heavy atom. The number of rotatable bonds is 7. The predicted molar refractivity (Wildman–Crippen MR) is 172 cm³/mol. The fourth-order valence-corrected chi connectivity index (χ4v) is 5.61. The molecule has 0 nitrogen and oxygen atoms in total. The van der Waals surface area contributed by atoms with E-state index in [0.29, 0.717) is 5.92 Å². The largest absolute Gasteiger partial charge is 0.192 e. The van der Waals surface area contributed by atoms with E-state index in [9.17, 15) is 0 Å². The average molecular weight is 506 g/mol. The van der Waals surface area contributed by atoms with Gasteiger partial charge in [0.15, 0.2) is 7.28 Å². The molecule has 0 heterocycles. The molecule has 5 aromatic carbocycles. The Morgan fingerprint density at radius 3 is 1.26 bits per heavy atom. The van der Waals surface area contributed by atoms with Gasteiger partial charge in [-0.25, -0.2) is 0 Å². The molecule has 0 bridgehead atoms. The lowest BCUT2D eigenvalue weighted by Crippen LogP contribution is -2.34. The van der Waals surface area contributed by atoms with E-state index in [1.165, 1.54) is 78.5 Å². The molecule has 1 unspecified atom stereocenters. The van der Waals surface area contributed by atoms with E-state index in [1.807, 2.05) is 0 Å². The third-order valence-corrected chi connectivity index (χ3v) is 8.23. The zero-order chi connectivity index (χ0) is 27.5. The second-order valence-electron chi connectivity index (χ2n) is 11.1. The topological polar surface area (TPSA) is 0 Å². The highest BCUT2D eigenvalue weighted by Crippen LogP contribution is 2.27. The normalized spacial score (nSPS) is 11.8. The van der Waals surface area contributed by atoms with Crippen LogP contribution in [0.5, 0.6) is 0 Å². The van der Waals surface area contributed by atoms with Crippen molar-refractivity contribution in [2.45, 2.75) is 53.9 Å². The molecule has 0 aliphatic heterocycles. The molecule has 0 spiro atoms. The van der Waals surface area contributed by atoms with Crippen LogP contribution in [-0.2, 0) is 0 Å². The third-order valence-electron chi connectivity index (χ3n) is 8.23. The van der Waals surface area contributed by atoms with Gasteiger partial charge >= 0.3 is 0 Å². The van der Waals surface area contributed by atoms with E-state index < -0.39 is 0 Å². The van der Waals surface area contributed by atoms with E-state index in [0.717, 1.165) is 0 Å². The van der Waals surface area contributed by atoms with Crippen LogP contribution < -0.4 is 10.9 Å². The molecule has 0 saturated heterocycles. The van der Waals surface area contributed by atoms with Crippen LogP contribution in [-0.4, -0.2) is 7.28 Å². The zero-order valence-corrected chi connectivity index (χ0v) is 24.2. The lowest BCUT2D eigenvalue weighted by Gasteiger charge is -2.17. The zero-order valence-electron chi connectivity index (χ0n) is 24.2. The quantitative estimate of drug-likeness (QED) is 0.194. The van der Waals surface area contributed by atoms with Gasteiger partial charge in [-0.05, 0) is 79.0 Å². The Balaban J connectivity index is 1.39. The Hall–Kier alpha value is -3.84. The molecule has 1 heteroatoms. The van der Waals surface area contributed by atoms with Crippen LogP contribution in [0.25, 0.3) is 33.4 Å². The Morgan fingerprint density at radius 2 is 0.846 bits per heavy atom. The molecule has 0 fully saturated rings. The number of hydrogen-bond acceptors (Lipinski definition) is 0. The van der Waals surface area contributed by atoms with Crippen LogP contribution in [0.4, 0.5) is 0 Å². The molecular formula is C38H38B. The van der Waals surface area contributed by atoms with Crippen molar-refractivity contribution in [2.75, 3.05) is 0 Å². The molecule has 5 rings (SSSR count). The molecule has 0 aromatic heterocycles. The van der Waals surface area contributed by atoms with Gasteiger partial charge in [0.25, 0.3) is 0 Å². The third kappa shape index (κ3) is 5.79. The maximum atomic E-state index is 2.38. The minimum absolute atomic E-state index is 0.603. The highest BCUT2D eigenvalue weighted by atomic mass is 14.1. The summed E-state index contributed by atoms with van der Waals surface area (Å²) in [6.45, 7) is 13.5. The van der Waals surface area contributed by atoms with Crippen LogP contribution in [0.1, 0.15) is 54.0 Å². The van der Waals surface area contributed by atoms with Gasteiger partial charge in [-0.1, -0.05) is 150 Å². The van der Waals surface area contributed by atoms with Crippen LogP contribution in [0, 0.1) is 27.7 Å². The van der Waals surface area contributed by atoms with Crippen LogP contribution in [0.2, 0.25) is 0 Å². The summed E-state index contributed by atoms with van der Waals surface area (Å²) in [5, 5.41) is 0. The summed E-state index contributed by atoms with van der Waals surface area (Å²) in [5.74, 6) is 0.603. The van der Waals surface area contributed by atoms with Crippen LogP contribution in [0.3, 0.4) is 0 Å². The van der Waals surface area contributed by atoms with Gasteiger partial charge in [-0.3, -0.25) is 0 Å². The highest BCUT2D eigenvalue weighted by molar-refractivity contribution is 6.69. The maximum absolute atomic E-state index is 2.38. The monoisotopic (exact) mass is 505 g/mol. The summed E-state index contributed by atoms with van der Waals surface area (Å²) in [5.41, 5.74) is 16.9. The lowest BCUT2D eigenvalue weighted by atomic mass is 9.58. The highest BCUT2D eigenvalue weighted by Gasteiger charge is 2.14. The summed E-state index contributed by atoms with van der Waals surface area (Å²) < 4.78 is 0. The molecule has 0 saturated carbocycles.